The zero-order chi connectivity index (χ0) is 17.2. The molecule has 0 aliphatic carbocycles. The summed E-state index contributed by atoms with van der Waals surface area (Å²) in [5, 5.41) is 2.69. The molecule has 1 heterocycles. The number of sulfone groups is 1. The molecule has 0 bridgehead atoms. The van der Waals surface area contributed by atoms with Gasteiger partial charge in [-0.3, -0.25) is 4.79 Å². The average Bonchev–Trinajstić information content (AvgIpc) is 2.89. The van der Waals surface area contributed by atoms with Crippen LogP contribution in [0.25, 0.3) is 0 Å². The fourth-order valence-corrected chi connectivity index (χ4v) is 3.39. The van der Waals surface area contributed by atoms with Crippen LogP contribution in [0.2, 0.25) is 10.0 Å². The lowest BCUT2D eigenvalue weighted by Crippen LogP contribution is -2.31. The van der Waals surface area contributed by atoms with Crippen molar-refractivity contribution >= 4 is 55.4 Å². The van der Waals surface area contributed by atoms with Crippen LogP contribution in [0.1, 0.15) is 17.4 Å². The minimum Gasteiger partial charge on any atom is -0.301 e. The molecule has 0 radical (unpaired) electrons. The van der Waals surface area contributed by atoms with Crippen LogP contribution in [0.3, 0.4) is 0 Å². The molecule has 1 aromatic carbocycles. The summed E-state index contributed by atoms with van der Waals surface area (Å²) < 4.78 is 22.7. The molecule has 1 amide bonds. The van der Waals surface area contributed by atoms with Crippen molar-refractivity contribution in [3.8, 4) is 0 Å². The van der Waals surface area contributed by atoms with E-state index in [4.69, 9.17) is 23.2 Å². The number of hydrogen-bond donors (Lipinski definition) is 1. The maximum Gasteiger partial charge on any atom is 0.244 e. The Kier molecular flexibility index (Phi) is 5.67. The molecule has 23 heavy (non-hydrogen) atoms. The maximum atomic E-state index is 11.9. The summed E-state index contributed by atoms with van der Waals surface area (Å²) in [5.41, 5.74) is 0.852. The number of amides is 1. The van der Waals surface area contributed by atoms with Crippen LogP contribution in [0.4, 0.5) is 5.13 Å². The first kappa shape index (κ1) is 18.2. The van der Waals surface area contributed by atoms with Gasteiger partial charge >= 0.3 is 0 Å². The van der Waals surface area contributed by atoms with E-state index in [9.17, 15) is 13.2 Å². The third-order valence-electron chi connectivity index (χ3n) is 3.19. The van der Waals surface area contributed by atoms with Crippen LogP contribution in [-0.4, -0.2) is 30.8 Å². The lowest BCUT2D eigenvalue weighted by atomic mass is 10.1. The number of anilines is 1. The Morgan fingerprint density at radius 2 is 2.09 bits per heavy atom. The number of hydrogen-bond acceptors (Lipinski definition) is 5. The molecular weight excluding hydrogens is 379 g/mol. The van der Waals surface area contributed by atoms with E-state index in [1.54, 1.807) is 18.3 Å². The Hall–Kier alpha value is -1.15. The van der Waals surface area contributed by atoms with E-state index in [0.29, 0.717) is 21.6 Å². The molecule has 1 N–H and O–H groups in total. The van der Waals surface area contributed by atoms with Gasteiger partial charge in [0.15, 0.2) is 15.0 Å². The smallest absolute Gasteiger partial charge is 0.244 e. The highest BCUT2D eigenvalue weighted by Crippen LogP contribution is 2.29. The molecule has 0 aliphatic rings. The first-order chi connectivity index (χ1) is 10.7. The number of carbonyl (C=O) groups is 1. The van der Waals surface area contributed by atoms with E-state index in [1.165, 1.54) is 18.3 Å². The minimum absolute atomic E-state index is 0.346. The molecule has 0 fully saturated rings. The Bertz CT molecular complexity index is 834. The Balaban J connectivity index is 2.09. The quantitative estimate of drug-likeness (QED) is 0.845. The van der Waals surface area contributed by atoms with E-state index in [1.807, 2.05) is 6.07 Å². The second-order valence-electron chi connectivity index (χ2n) is 4.98. The monoisotopic (exact) mass is 392 g/mol. The number of carbonyl (C=O) groups excluding carboxylic acids is 1. The molecule has 1 atom stereocenters. The summed E-state index contributed by atoms with van der Waals surface area (Å²) in [5.74, 6) is -0.603. The summed E-state index contributed by atoms with van der Waals surface area (Å²) >= 11 is 13.4. The molecule has 5 nitrogen and oxygen atoms in total. The second kappa shape index (κ2) is 7.17. The van der Waals surface area contributed by atoms with Gasteiger partial charge in [0.1, 0.15) is 5.25 Å². The fourth-order valence-electron chi connectivity index (χ4n) is 1.72. The molecule has 2 rings (SSSR count). The van der Waals surface area contributed by atoms with Crippen molar-refractivity contribution in [3.63, 3.8) is 0 Å². The predicted octanol–water partition coefficient (Wildman–Crippen LogP) is 3.41. The van der Waals surface area contributed by atoms with Gasteiger partial charge in [0.2, 0.25) is 5.91 Å². The summed E-state index contributed by atoms with van der Waals surface area (Å²) in [4.78, 5) is 16.8. The van der Waals surface area contributed by atoms with Crippen molar-refractivity contribution < 1.29 is 13.2 Å². The van der Waals surface area contributed by atoms with Crippen LogP contribution in [0.15, 0.2) is 24.4 Å². The van der Waals surface area contributed by atoms with Gasteiger partial charge in [0.25, 0.3) is 0 Å². The molecule has 0 unspecified atom stereocenters. The molecule has 0 aliphatic heterocycles. The van der Waals surface area contributed by atoms with Crippen LogP contribution < -0.4 is 5.32 Å². The third kappa shape index (κ3) is 4.67. The summed E-state index contributed by atoms with van der Waals surface area (Å²) in [7, 11) is -3.44. The van der Waals surface area contributed by atoms with Crippen molar-refractivity contribution in [2.45, 2.75) is 18.6 Å². The molecule has 124 valence electrons. The molecule has 0 spiro atoms. The standard InChI is InChI=1S/C14H14Cl2N2O3S2/c1-8(23(2,20)21)13(19)18-14-17-7-10(22-14)6-9-4-3-5-11(15)12(9)16/h3-5,7-8H,6H2,1-2H3,(H,17,18,19)/t8-/m1/s1. The third-order valence-corrected chi connectivity index (χ3v) is 6.46. The normalized spacial score (nSPS) is 12.9. The van der Waals surface area contributed by atoms with Gasteiger partial charge in [-0.15, -0.1) is 11.3 Å². The van der Waals surface area contributed by atoms with Gasteiger partial charge in [-0.1, -0.05) is 35.3 Å². The first-order valence-electron chi connectivity index (χ1n) is 6.56. The zero-order valence-electron chi connectivity index (χ0n) is 12.3. The number of benzene rings is 1. The van der Waals surface area contributed by atoms with Crippen molar-refractivity contribution in [2.75, 3.05) is 11.6 Å². The van der Waals surface area contributed by atoms with Crippen LogP contribution in [0.5, 0.6) is 0 Å². The van der Waals surface area contributed by atoms with Crippen molar-refractivity contribution in [1.29, 1.82) is 0 Å². The average molecular weight is 393 g/mol. The fraction of sp³-hybridized carbons (Fsp3) is 0.286. The van der Waals surface area contributed by atoms with Crippen molar-refractivity contribution in [1.82, 2.24) is 4.98 Å². The van der Waals surface area contributed by atoms with Gasteiger partial charge in [-0.2, -0.15) is 0 Å². The number of nitrogens with one attached hydrogen (secondary N) is 1. The number of halogens is 2. The summed E-state index contributed by atoms with van der Waals surface area (Å²) in [6, 6.07) is 5.37. The Morgan fingerprint density at radius 3 is 2.74 bits per heavy atom. The van der Waals surface area contributed by atoms with Crippen molar-refractivity contribution in [3.05, 3.63) is 44.9 Å². The van der Waals surface area contributed by atoms with E-state index < -0.39 is 21.0 Å². The highest BCUT2D eigenvalue weighted by molar-refractivity contribution is 7.92. The lowest BCUT2D eigenvalue weighted by molar-refractivity contribution is -0.115. The number of nitrogens with zero attached hydrogens (tertiary/aromatic N) is 1. The van der Waals surface area contributed by atoms with Gasteiger partial charge < -0.3 is 5.32 Å². The molecule has 2 aromatic rings. The Morgan fingerprint density at radius 1 is 1.39 bits per heavy atom. The van der Waals surface area contributed by atoms with Gasteiger partial charge in [-0.25, -0.2) is 13.4 Å². The zero-order valence-corrected chi connectivity index (χ0v) is 15.5. The summed E-state index contributed by atoms with van der Waals surface area (Å²) in [6.07, 6.45) is 3.16. The van der Waals surface area contributed by atoms with E-state index in [-0.39, 0.29) is 0 Å². The SMILES string of the molecule is C[C@H](C(=O)Nc1ncc(Cc2cccc(Cl)c2Cl)s1)S(C)(=O)=O. The van der Waals surface area contributed by atoms with E-state index >= 15 is 0 Å². The second-order valence-corrected chi connectivity index (χ2v) is 9.25. The lowest BCUT2D eigenvalue weighted by Gasteiger charge is -2.07. The largest absolute Gasteiger partial charge is 0.301 e. The van der Waals surface area contributed by atoms with Crippen molar-refractivity contribution in [2.24, 2.45) is 0 Å². The number of thiazole rings is 1. The predicted molar refractivity (Wildman–Crippen MR) is 94.3 cm³/mol. The molecule has 9 heteroatoms. The number of aromatic nitrogens is 1. The maximum absolute atomic E-state index is 11.9. The van der Waals surface area contributed by atoms with E-state index in [0.717, 1.165) is 16.7 Å². The van der Waals surface area contributed by atoms with Gasteiger partial charge in [0.05, 0.1) is 10.0 Å². The molecule has 0 saturated heterocycles. The topological polar surface area (TPSA) is 76.1 Å². The highest BCUT2D eigenvalue weighted by atomic mass is 35.5. The van der Waals surface area contributed by atoms with Crippen LogP contribution in [0, 0.1) is 0 Å². The summed E-state index contributed by atoms with van der Waals surface area (Å²) in [6.45, 7) is 1.34. The minimum atomic E-state index is -3.44. The Labute approximate surface area is 148 Å². The van der Waals surface area contributed by atoms with E-state index in [2.05, 4.69) is 10.3 Å². The highest BCUT2D eigenvalue weighted by Gasteiger charge is 2.24. The number of rotatable bonds is 5. The van der Waals surface area contributed by atoms with Gasteiger partial charge in [-0.05, 0) is 18.6 Å². The molecule has 1 aromatic heterocycles. The van der Waals surface area contributed by atoms with Crippen LogP contribution in [-0.2, 0) is 21.1 Å². The van der Waals surface area contributed by atoms with Crippen LogP contribution >= 0.6 is 34.5 Å². The van der Waals surface area contributed by atoms with Gasteiger partial charge in [0, 0.05) is 23.8 Å². The molecular formula is C14H14Cl2N2O3S2. The molecule has 0 saturated carbocycles. The first-order valence-corrected chi connectivity index (χ1v) is 10.1.